The lowest BCUT2D eigenvalue weighted by Gasteiger charge is -2.27. The van der Waals surface area contributed by atoms with Gasteiger partial charge >= 0.3 is 0 Å². The normalized spacial score (nSPS) is 22.2. The summed E-state index contributed by atoms with van der Waals surface area (Å²) < 4.78 is 5.23. The number of aryl methyl sites for hydroxylation is 1. The summed E-state index contributed by atoms with van der Waals surface area (Å²) in [4.78, 5) is 0. The third-order valence-corrected chi connectivity index (χ3v) is 3.54. The van der Waals surface area contributed by atoms with E-state index >= 15 is 0 Å². The topological polar surface area (TPSA) is 41.5 Å². The Labute approximate surface area is 103 Å². The highest BCUT2D eigenvalue weighted by Gasteiger charge is 2.23. The summed E-state index contributed by atoms with van der Waals surface area (Å²) in [7, 11) is 1.67. The van der Waals surface area contributed by atoms with Crippen molar-refractivity contribution < 1.29 is 9.84 Å². The van der Waals surface area contributed by atoms with Crippen LogP contribution in [0.3, 0.4) is 0 Å². The Morgan fingerprint density at radius 3 is 2.88 bits per heavy atom. The number of hydrogen-bond acceptors (Lipinski definition) is 3. The van der Waals surface area contributed by atoms with Crippen LogP contribution >= 0.6 is 0 Å². The van der Waals surface area contributed by atoms with Crippen molar-refractivity contribution in [2.24, 2.45) is 5.92 Å². The molecule has 2 atom stereocenters. The third kappa shape index (κ3) is 2.79. The van der Waals surface area contributed by atoms with Gasteiger partial charge in [0.15, 0.2) is 0 Å². The van der Waals surface area contributed by atoms with Gasteiger partial charge in [0.25, 0.3) is 0 Å². The summed E-state index contributed by atoms with van der Waals surface area (Å²) in [5.74, 6) is 1.21. The Kier molecular flexibility index (Phi) is 4.02. The molecule has 0 aromatic heterocycles. The average molecular weight is 235 g/mol. The van der Waals surface area contributed by atoms with Crippen molar-refractivity contribution in [1.29, 1.82) is 0 Å². The van der Waals surface area contributed by atoms with Crippen molar-refractivity contribution in [2.45, 2.75) is 25.9 Å². The lowest BCUT2D eigenvalue weighted by molar-refractivity contribution is 0.0921. The van der Waals surface area contributed by atoms with Crippen molar-refractivity contribution in [3.05, 3.63) is 29.3 Å². The minimum atomic E-state index is -0.368. The van der Waals surface area contributed by atoms with Gasteiger partial charge in [0, 0.05) is 12.5 Å². The minimum absolute atomic E-state index is 0.330. The summed E-state index contributed by atoms with van der Waals surface area (Å²) in [5, 5.41) is 13.7. The van der Waals surface area contributed by atoms with Crippen LogP contribution in [0.4, 0.5) is 0 Å². The summed E-state index contributed by atoms with van der Waals surface area (Å²) in [6.45, 7) is 3.99. The second-order valence-corrected chi connectivity index (χ2v) is 4.78. The van der Waals surface area contributed by atoms with Gasteiger partial charge in [0.1, 0.15) is 5.75 Å². The molecule has 1 aromatic rings. The zero-order valence-corrected chi connectivity index (χ0v) is 10.6. The number of methoxy groups -OCH3 is 1. The standard InChI is InChI=1S/C14H21NO2/c1-10-8-11(5-6-13(10)17-2)14(16)12-4-3-7-15-9-12/h5-6,8,12,14-16H,3-4,7,9H2,1-2H3. The van der Waals surface area contributed by atoms with E-state index in [0.717, 1.165) is 42.8 Å². The van der Waals surface area contributed by atoms with E-state index in [0.29, 0.717) is 5.92 Å². The zero-order valence-electron chi connectivity index (χ0n) is 10.6. The number of benzene rings is 1. The predicted molar refractivity (Wildman–Crippen MR) is 68.3 cm³/mol. The van der Waals surface area contributed by atoms with E-state index in [1.807, 2.05) is 25.1 Å². The SMILES string of the molecule is COc1ccc(C(O)C2CCCNC2)cc1C. The lowest BCUT2D eigenvalue weighted by Crippen LogP contribution is -2.33. The summed E-state index contributed by atoms with van der Waals surface area (Å²) in [6, 6.07) is 5.92. The van der Waals surface area contributed by atoms with Crippen LogP contribution in [0.5, 0.6) is 5.75 Å². The number of hydrogen-bond donors (Lipinski definition) is 2. The molecule has 1 fully saturated rings. The fourth-order valence-corrected chi connectivity index (χ4v) is 2.51. The molecule has 0 amide bonds. The Morgan fingerprint density at radius 2 is 2.29 bits per heavy atom. The van der Waals surface area contributed by atoms with Gasteiger partial charge in [-0.15, -0.1) is 0 Å². The maximum atomic E-state index is 10.4. The second-order valence-electron chi connectivity index (χ2n) is 4.78. The Balaban J connectivity index is 2.12. The molecule has 0 radical (unpaired) electrons. The third-order valence-electron chi connectivity index (χ3n) is 3.54. The number of ether oxygens (including phenoxy) is 1. The zero-order chi connectivity index (χ0) is 12.3. The maximum absolute atomic E-state index is 10.4. The Bertz CT molecular complexity index is 372. The maximum Gasteiger partial charge on any atom is 0.121 e. The average Bonchev–Trinajstić information content (AvgIpc) is 2.39. The highest BCUT2D eigenvalue weighted by Crippen LogP contribution is 2.29. The lowest BCUT2D eigenvalue weighted by atomic mass is 9.89. The van der Waals surface area contributed by atoms with Crippen LogP contribution in [0.1, 0.15) is 30.1 Å². The smallest absolute Gasteiger partial charge is 0.121 e. The van der Waals surface area contributed by atoms with Gasteiger partial charge in [-0.3, -0.25) is 0 Å². The molecule has 0 aliphatic carbocycles. The first-order valence-corrected chi connectivity index (χ1v) is 6.25. The number of piperidine rings is 1. The van der Waals surface area contributed by atoms with Gasteiger partial charge in [-0.1, -0.05) is 6.07 Å². The molecule has 1 aromatic carbocycles. The molecule has 0 saturated carbocycles. The number of rotatable bonds is 3. The molecule has 0 spiro atoms. The first-order valence-electron chi connectivity index (χ1n) is 6.25. The van der Waals surface area contributed by atoms with Crippen molar-refractivity contribution in [1.82, 2.24) is 5.32 Å². The van der Waals surface area contributed by atoms with Gasteiger partial charge in [0.2, 0.25) is 0 Å². The van der Waals surface area contributed by atoms with Crippen molar-refractivity contribution in [2.75, 3.05) is 20.2 Å². The molecule has 1 aliphatic heterocycles. The van der Waals surface area contributed by atoms with Crippen LogP contribution in [0, 0.1) is 12.8 Å². The highest BCUT2D eigenvalue weighted by molar-refractivity contribution is 5.37. The molecular formula is C14H21NO2. The van der Waals surface area contributed by atoms with Gasteiger partial charge < -0.3 is 15.2 Å². The number of nitrogens with one attached hydrogen (secondary N) is 1. The van der Waals surface area contributed by atoms with Gasteiger partial charge in [-0.25, -0.2) is 0 Å². The quantitative estimate of drug-likeness (QED) is 0.842. The van der Waals surface area contributed by atoms with Crippen LogP contribution in [0.15, 0.2) is 18.2 Å². The van der Waals surface area contributed by atoms with Gasteiger partial charge in [-0.05, 0) is 49.6 Å². The molecule has 2 unspecified atom stereocenters. The van der Waals surface area contributed by atoms with Crippen molar-refractivity contribution in [3.63, 3.8) is 0 Å². The van der Waals surface area contributed by atoms with Gasteiger partial charge in [-0.2, -0.15) is 0 Å². The van der Waals surface area contributed by atoms with Gasteiger partial charge in [0.05, 0.1) is 13.2 Å². The fourth-order valence-electron chi connectivity index (χ4n) is 2.51. The minimum Gasteiger partial charge on any atom is -0.496 e. The van der Waals surface area contributed by atoms with E-state index in [2.05, 4.69) is 5.32 Å². The second kappa shape index (κ2) is 5.52. The summed E-state index contributed by atoms with van der Waals surface area (Å²) in [5.41, 5.74) is 2.07. The Morgan fingerprint density at radius 1 is 1.47 bits per heavy atom. The number of aliphatic hydroxyl groups excluding tert-OH is 1. The van der Waals surface area contributed by atoms with E-state index in [4.69, 9.17) is 4.74 Å². The first-order chi connectivity index (χ1) is 8.22. The van der Waals surface area contributed by atoms with E-state index in [9.17, 15) is 5.11 Å². The summed E-state index contributed by atoms with van der Waals surface area (Å²) >= 11 is 0. The molecule has 2 N–H and O–H groups in total. The highest BCUT2D eigenvalue weighted by atomic mass is 16.5. The van der Waals surface area contributed by atoms with E-state index in [1.165, 1.54) is 0 Å². The predicted octanol–water partition coefficient (Wildman–Crippen LogP) is 2.04. The molecule has 1 heterocycles. The van der Waals surface area contributed by atoms with Crippen LogP contribution in [-0.4, -0.2) is 25.3 Å². The van der Waals surface area contributed by atoms with Crippen molar-refractivity contribution >= 4 is 0 Å². The molecule has 1 aliphatic rings. The molecule has 17 heavy (non-hydrogen) atoms. The monoisotopic (exact) mass is 235 g/mol. The molecule has 94 valence electrons. The largest absolute Gasteiger partial charge is 0.496 e. The van der Waals surface area contributed by atoms with E-state index in [1.54, 1.807) is 7.11 Å². The number of aliphatic hydroxyl groups is 1. The van der Waals surface area contributed by atoms with Crippen LogP contribution < -0.4 is 10.1 Å². The van der Waals surface area contributed by atoms with Crippen molar-refractivity contribution in [3.8, 4) is 5.75 Å². The van der Waals surface area contributed by atoms with E-state index in [-0.39, 0.29) is 6.10 Å². The molecule has 3 heteroatoms. The molecule has 2 rings (SSSR count). The van der Waals surface area contributed by atoms with Crippen LogP contribution in [-0.2, 0) is 0 Å². The Hall–Kier alpha value is -1.06. The molecule has 1 saturated heterocycles. The van der Waals surface area contributed by atoms with Crippen LogP contribution in [0.2, 0.25) is 0 Å². The molecular weight excluding hydrogens is 214 g/mol. The summed E-state index contributed by atoms with van der Waals surface area (Å²) in [6.07, 6.45) is 1.88. The van der Waals surface area contributed by atoms with E-state index < -0.39 is 0 Å². The molecule has 0 bridgehead atoms. The van der Waals surface area contributed by atoms with Crippen LogP contribution in [0.25, 0.3) is 0 Å². The molecule has 3 nitrogen and oxygen atoms in total. The first kappa shape index (κ1) is 12.4. The fraction of sp³-hybridized carbons (Fsp3) is 0.571.